The second kappa shape index (κ2) is 8.18. The van der Waals surface area contributed by atoms with E-state index < -0.39 is 21.5 Å². The summed E-state index contributed by atoms with van der Waals surface area (Å²) in [5, 5.41) is 16.8. The molecular formula is C26H21N3O4S. The Morgan fingerprint density at radius 2 is 1.47 bits per heavy atom. The Kier molecular flexibility index (Phi) is 5.28. The smallest absolute Gasteiger partial charge is 0.268 e. The number of fused-ring (bicyclic) bond motifs is 1. The Morgan fingerprint density at radius 1 is 0.853 bits per heavy atom. The van der Waals surface area contributed by atoms with E-state index in [1.54, 1.807) is 35.5 Å². The molecule has 3 N–H and O–H groups in total. The number of carbonyl (C=O) groups excluding carboxylic acids is 1. The van der Waals surface area contributed by atoms with Crippen molar-refractivity contribution in [3.63, 3.8) is 0 Å². The Morgan fingerprint density at radius 3 is 2.12 bits per heavy atom. The predicted molar refractivity (Wildman–Crippen MR) is 128 cm³/mol. The van der Waals surface area contributed by atoms with Crippen LogP contribution in [-0.2, 0) is 27.0 Å². The standard InChI is InChI=1S/C26H21N3O4S/c27-34(32,33)22-11-9-21(10-12-22)26(31)23-3-1-2-4-24(23)29(25(26)30)17-18-5-7-19(8-6-18)20-13-15-28-16-14-20/h1-16,31H,17H2,(H2,27,32,33). The van der Waals surface area contributed by atoms with Crippen LogP contribution in [0.3, 0.4) is 0 Å². The van der Waals surface area contributed by atoms with Crippen molar-refractivity contribution in [3.8, 4) is 11.1 Å². The van der Waals surface area contributed by atoms with Gasteiger partial charge in [0.25, 0.3) is 5.91 Å². The zero-order valence-corrected chi connectivity index (χ0v) is 18.8. The average molecular weight is 472 g/mol. The molecule has 0 saturated heterocycles. The van der Waals surface area contributed by atoms with Crippen LogP contribution in [0.4, 0.5) is 5.69 Å². The number of aliphatic hydroxyl groups is 1. The minimum Gasteiger partial charge on any atom is -0.372 e. The SMILES string of the molecule is NS(=O)(=O)c1ccc(C2(O)C(=O)N(Cc3ccc(-c4ccncc4)cc3)c3ccccc32)cc1. The number of primary sulfonamides is 1. The maximum atomic E-state index is 13.6. The zero-order chi connectivity index (χ0) is 23.9. The third kappa shape index (κ3) is 3.67. The lowest BCUT2D eigenvalue weighted by Crippen LogP contribution is -2.40. The fourth-order valence-corrected chi connectivity index (χ4v) is 4.80. The van der Waals surface area contributed by atoms with Crippen LogP contribution in [0.25, 0.3) is 11.1 Å². The van der Waals surface area contributed by atoms with Crippen molar-refractivity contribution in [2.45, 2.75) is 17.0 Å². The molecule has 2 heterocycles. The van der Waals surface area contributed by atoms with Crippen molar-refractivity contribution in [2.24, 2.45) is 5.14 Å². The molecule has 1 aromatic heterocycles. The van der Waals surface area contributed by atoms with Crippen LogP contribution in [0.5, 0.6) is 0 Å². The van der Waals surface area contributed by atoms with Gasteiger partial charge in [-0.15, -0.1) is 0 Å². The molecular weight excluding hydrogens is 450 g/mol. The molecule has 1 unspecified atom stereocenters. The minimum atomic E-state index is -3.89. The van der Waals surface area contributed by atoms with Crippen LogP contribution in [0.2, 0.25) is 0 Å². The van der Waals surface area contributed by atoms with Crippen molar-refractivity contribution in [1.29, 1.82) is 0 Å². The molecule has 0 fully saturated rings. The van der Waals surface area contributed by atoms with Crippen molar-refractivity contribution in [1.82, 2.24) is 4.98 Å². The highest BCUT2D eigenvalue weighted by molar-refractivity contribution is 7.89. The Balaban J connectivity index is 1.49. The van der Waals surface area contributed by atoms with Gasteiger partial charge in [0.15, 0.2) is 5.60 Å². The van der Waals surface area contributed by atoms with Crippen LogP contribution in [0, 0.1) is 0 Å². The van der Waals surface area contributed by atoms with Gasteiger partial charge in [-0.05, 0) is 52.6 Å². The van der Waals surface area contributed by atoms with Crippen LogP contribution < -0.4 is 10.0 Å². The Bertz CT molecular complexity index is 1470. The lowest BCUT2D eigenvalue weighted by molar-refractivity contribution is -0.132. The highest BCUT2D eigenvalue weighted by atomic mass is 32.2. The number of nitrogens with two attached hydrogens (primary N) is 1. The molecule has 8 heteroatoms. The van der Waals surface area contributed by atoms with E-state index in [4.69, 9.17) is 5.14 Å². The number of hydrogen-bond donors (Lipinski definition) is 2. The van der Waals surface area contributed by atoms with Gasteiger partial charge in [0.2, 0.25) is 10.0 Å². The van der Waals surface area contributed by atoms with Crippen molar-refractivity contribution in [2.75, 3.05) is 4.90 Å². The quantitative estimate of drug-likeness (QED) is 0.464. The molecule has 4 aromatic rings. The summed E-state index contributed by atoms with van der Waals surface area (Å²) in [5.41, 5.74) is 2.35. The zero-order valence-electron chi connectivity index (χ0n) is 18.0. The van der Waals surface area contributed by atoms with E-state index in [0.29, 0.717) is 11.3 Å². The molecule has 1 aliphatic rings. The van der Waals surface area contributed by atoms with Crippen LogP contribution in [0.15, 0.2) is 102 Å². The first-order valence-corrected chi connectivity index (χ1v) is 12.1. The fourth-order valence-electron chi connectivity index (χ4n) is 4.29. The number of benzene rings is 3. The van der Waals surface area contributed by atoms with Crippen LogP contribution >= 0.6 is 0 Å². The van der Waals surface area contributed by atoms with Gasteiger partial charge in [-0.1, -0.05) is 54.6 Å². The van der Waals surface area contributed by atoms with E-state index in [9.17, 15) is 18.3 Å². The summed E-state index contributed by atoms with van der Waals surface area (Å²) >= 11 is 0. The molecule has 0 spiro atoms. The number of pyridine rings is 1. The van der Waals surface area contributed by atoms with E-state index >= 15 is 0 Å². The maximum absolute atomic E-state index is 13.6. The summed E-state index contributed by atoms with van der Waals surface area (Å²) < 4.78 is 23.2. The monoisotopic (exact) mass is 471 g/mol. The number of sulfonamides is 1. The lowest BCUT2D eigenvalue weighted by atomic mass is 9.87. The fraction of sp³-hybridized carbons (Fsp3) is 0.0769. The number of para-hydroxylation sites is 1. The molecule has 7 nitrogen and oxygen atoms in total. The highest BCUT2D eigenvalue weighted by Gasteiger charge is 2.50. The van der Waals surface area contributed by atoms with Gasteiger partial charge in [-0.3, -0.25) is 9.78 Å². The molecule has 0 radical (unpaired) electrons. The number of amides is 1. The molecule has 3 aromatic carbocycles. The van der Waals surface area contributed by atoms with Crippen LogP contribution in [0.1, 0.15) is 16.7 Å². The molecule has 1 aliphatic heterocycles. The highest BCUT2D eigenvalue weighted by Crippen LogP contribution is 2.45. The molecule has 5 rings (SSSR count). The van der Waals surface area contributed by atoms with Crippen molar-refractivity contribution < 1.29 is 18.3 Å². The largest absolute Gasteiger partial charge is 0.372 e. The first kappa shape index (κ1) is 22.0. The van der Waals surface area contributed by atoms with E-state index in [1.807, 2.05) is 42.5 Å². The predicted octanol–water partition coefficient (Wildman–Crippen LogP) is 3.18. The first-order valence-electron chi connectivity index (χ1n) is 10.5. The summed E-state index contributed by atoms with van der Waals surface area (Å²) in [6, 6.07) is 24.2. The third-order valence-electron chi connectivity index (χ3n) is 6.05. The lowest BCUT2D eigenvalue weighted by Gasteiger charge is -2.24. The second-order valence-electron chi connectivity index (χ2n) is 8.12. The summed E-state index contributed by atoms with van der Waals surface area (Å²) in [6.07, 6.45) is 3.47. The van der Waals surface area contributed by atoms with Gasteiger partial charge in [0.05, 0.1) is 17.1 Å². The maximum Gasteiger partial charge on any atom is 0.268 e. The topological polar surface area (TPSA) is 114 Å². The van der Waals surface area contributed by atoms with Gasteiger partial charge in [0, 0.05) is 18.0 Å². The summed E-state index contributed by atoms with van der Waals surface area (Å²) in [7, 11) is -3.89. The van der Waals surface area contributed by atoms with Gasteiger partial charge in [-0.25, -0.2) is 13.6 Å². The third-order valence-corrected chi connectivity index (χ3v) is 6.98. The van der Waals surface area contributed by atoms with Gasteiger partial charge < -0.3 is 10.0 Å². The molecule has 1 atom stereocenters. The van der Waals surface area contributed by atoms with Crippen LogP contribution in [-0.4, -0.2) is 24.4 Å². The van der Waals surface area contributed by atoms with Crippen molar-refractivity contribution in [3.05, 3.63) is 114 Å². The Hall–Kier alpha value is -3.85. The number of aromatic nitrogens is 1. The molecule has 34 heavy (non-hydrogen) atoms. The summed E-state index contributed by atoms with van der Waals surface area (Å²) in [6.45, 7) is 0.268. The minimum absolute atomic E-state index is 0.0928. The summed E-state index contributed by atoms with van der Waals surface area (Å²) in [5.74, 6) is -0.504. The molecule has 0 saturated carbocycles. The first-order chi connectivity index (χ1) is 16.3. The van der Waals surface area contributed by atoms with Gasteiger partial charge in [-0.2, -0.15) is 0 Å². The normalized spacial score (nSPS) is 17.6. The number of hydrogen-bond acceptors (Lipinski definition) is 5. The molecule has 0 bridgehead atoms. The molecule has 170 valence electrons. The number of nitrogens with zero attached hydrogens (tertiary/aromatic N) is 2. The van der Waals surface area contributed by atoms with E-state index in [2.05, 4.69) is 4.98 Å². The average Bonchev–Trinajstić information content (AvgIpc) is 3.07. The summed E-state index contributed by atoms with van der Waals surface area (Å²) in [4.78, 5) is 19.1. The second-order valence-corrected chi connectivity index (χ2v) is 9.68. The molecule has 1 amide bonds. The van der Waals surface area contributed by atoms with E-state index in [1.165, 1.54) is 24.3 Å². The Labute approximate surface area is 197 Å². The van der Waals surface area contributed by atoms with Gasteiger partial charge in [0.1, 0.15) is 0 Å². The van der Waals surface area contributed by atoms with Gasteiger partial charge >= 0.3 is 0 Å². The number of anilines is 1. The number of rotatable bonds is 5. The molecule has 0 aliphatic carbocycles. The van der Waals surface area contributed by atoms with E-state index in [-0.39, 0.29) is 17.0 Å². The van der Waals surface area contributed by atoms with Crippen molar-refractivity contribution >= 4 is 21.6 Å². The van der Waals surface area contributed by atoms with E-state index in [0.717, 1.165) is 16.7 Å². The number of carbonyl (C=O) groups is 1.